The second-order valence-electron chi connectivity index (χ2n) is 4.61. The average molecular weight is 338 g/mol. The van der Waals surface area contributed by atoms with Gasteiger partial charge >= 0.3 is 5.97 Å². The van der Waals surface area contributed by atoms with E-state index >= 15 is 0 Å². The van der Waals surface area contributed by atoms with E-state index in [2.05, 4.69) is 10.6 Å². The maximum absolute atomic E-state index is 12.0. The first-order valence-corrected chi connectivity index (χ1v) is 7.53. The van der Waals surface area contributed by atoms with Crippen LogP contribution in [0.2, 0.25) is 0 Å². The van der Waals surface area contributed by atoms with Crippen molar-refractivity contribution < 1.29 is 28.6 Å². The molecule has 132 valence electrons. The number of hydrogen-bond acceptors (Lipinski definition) is 6. The Bertz CT molecular complexity index is 588. The lowest BCUT2D eigenvalue weighted by atomic mass is 10.2. The molecule has 0 aliphatic heterocycles. The first-order valence-electron chi connectivity index (χ1n) is 7.53. The number of nitrogens with one attached hydrogen (secondary N) is 2. The van der Waals surface area contributed by atoms with Gasteiger partial charge in [0.25, 0.3) is 5.91 Å². The number of ether oxygens (including phenoxy) is 3. The molecule has 0 spiro atoms. The van der Waals surface area contributed by atoms with Gasteiger partial charge in [0.15, 0.2) is 18.1 Å². The van der Waals surface area contributed by atoms with Crippen molar-refractivity contribution in [1.29, 1.82) is 0 Å². The molecule has 8 nitrogen and oxygen atoms in total. The number of methoxy groups -OCH3 is 1. The van der Waals surface area contributed by atoms with Crippen LogP contribution in [0, 0.1) is 0 Å². The molecule has 1 aromatic carbocycles. The minimum Gasteiger partial charge on any atom is -0.493 e. The third-order valence-corrected chi connectivity index (χ3v) is 2.85. The molecule has 0 unspecified atom stereocenters. The summed E-state index contributed by atoms with van der Waals surface area (Å²) >= 11 is 0. The molecule has 0 fully saturated rings. The summed E-state index contributed by atoms with van der Waals surface area (Å²) in [6.45, 7) is 3.83. The molecule has 2 N–H and O–H groups in total. The normalized spacial score (nSPS) is 9.79. The number of carbonyl (C=O) groups excluding carboxylic acids is 3. The number of rotatable bonds is 9. The zero-order chi connectivity index (χ0) is 17.9. The summed E-state index contributed by atoms with van der Waals surface area (Å²) < 4.78 is 15.4. The topological polar surface area (TPSA) is 103 Å². The molecule has 0 radical (unpaired) electrons. The van der Waals surface area contributed by atoms with Crippen LogP contribution in [0.5, 0.6) is 11.5 Å². The molecule has 1 aromatic rings. The first kappa shape index (κ1) is 19.3. The Morgan fingerprint density at radius 1 is 1.04 bits per heavy atom. The predicted octanol–water partition coefficient (Wildman–Crippen LogP) is 0.503. The summed E-state index contributed by atoms with van der Waals surface area (Å²) in [5.74, 6) is -0.642. The van der Waals surface area contributed by atoms with E-state index in [0.717, 1.165) is 0 Å². The molecule has 0 bridgehead atoms. The molecule has 0 heterocycles. The van der Waals surface area contributed by atoms with Crippen molar-refractivity contribution in [1.82, 2.24) is 10.6 Å². The van der Waals surface area contributed by atoms with Crippen molar-refractivity contribution in [3.63, 3.8) is 0 Å². The van der Waals surface area contributed by atoms with E-state index in [-0.39, 0.29) is 18.0 Å². The summed E-state index contributed by atoms with van der Waals surface area (Å²) in [7, 11) is 1.49. The number of esters is 1. The van der Waals surface area contributed by atoms with Gasteiger partial charge in [-0.1, -0.05) is 0 Å². The van der Waals surface area contributed by atoms with Crippen LogP contribution in [0.15, 0.2) is 18.2 Å². The van der Waals surface area contributed by atoms with E-state index in [1.54, 1.807) is 13.0 Å². The molecular weight excluding hydrogens is 316 g/mol. The van der Waals surface area contributed by atoms with Gasteiger partial charge in [0.1, 0.15) is 0 Å². The maximum atomic E-state index is 12.0. The highest BCUT2D eigenvalue weighted by molar-refractivity contribution is 5.92. The van der Waals surface area contributed by atoms with E-state index in [4.69, 9.17) is 14.2 Å². The molecule has 0 aliphatic carbocycles. The van der Waals surface area contributed by atoms with Gasteiger partial charge in [-0.05, 0) is 32.0 Å². The molecule has 0 saturated carbocycles. The third-order valence-electron chi connectivity index (χ3n) is 2.85. The zero-order valence-electron chi connectivity index (χ0n) is 14.0. The van der Waals surface area contributed by atoms with E-state index in [1.165, 1.54) is 19.2 Å². The van der Waals surface area contributed by atoms with Gasteiger partial charge in [-0.15, -0.1) is 0 Å². The monoisotopic (exact) mass is 338 g/mol. The van der Waals surface area contributed by atoms with E-state index in [0.29, 0.717) is 24.7 Å². The SMILES string of the molecule is CCNC(=O)CNC(=O)COC(=O)c1ccc(OC)c(OCC)c1. The minimum absolute atomic E-state index is 0.165. The van der Waals surface area contributed by atoms with Gasteiger partial charge in [-0.2, -0.15) is 0 Å². The predicted molar refractivity (Wildman–Crippen MR) is 86.1 cm³/mol. The second kappa shape index (κ2) is 10.1. The lowest BCUT2D eigenvalue weighted by Crippen LogP contribution is -2.38. The Morgan fingerprint density at radius 2 is 1.79 bits per heavy atom. The van der Waals surface area contributed by atoms with Gasteiger partial charge < -0.3 is 24.8 Å². The number of likely N-dealkylation sites (N-methyl/N-ethyl adjacent to an activating group) is 1. The lowest BCUT2D eigenvalue weighted by Gasteiger charge is -2.11. The maximum Gasteiger partial charge on any atom is 0.338 e. The Hall–Kier alpha value is -2.77. The Labute approximate surface area is 140 Å². The van der Waals surface area contributed by atoms with Crippen LogP contribution in [-0.2, 0) is 14.3 Å². The van der Waals surface area contributed by atoms with Gasteiger partial charge in [-0.3, -0.25) is 9.59 Å². The van der Waals surface area contributed by atoms with Crippen molar-refractivity contribution in [2.24, 2.45) is 0 Å². The van der Waals surface area contributed by atoms with Crippen LogP contribution >= 0.6 is 0 Å². The van der Waals surface area contributed by atoms with Crippen LogP contribution < -0.4 is 20.1 Å². The van der Waals surface area contributed by atoms with Crippen molar-refractivity contribution >= 4 is 17.8 Å². The van der Waals surface area contributed by atoms with Crippen LogP contribution in [0.3, 0.4) is 0 Å². The van der Waals surface area contributed by atoms with E-state index in [9.17, 15) is 14.4 Å². The zero-order valence-corrected chi connectivity index (χ0v) is 14.0. The Balaban J connectivity index is 2.54. The average Bonchev–Trinajstić information content (AvgIpc) is 2.58. The minimum atomic E-state index is -0.674. The molecule has 2 amide bonds. The highest BCUT2D eigenvalue weighted by atomic mass is 16.5. The van der Waals surface area contributed by atoms with Gasteiger partial charge in [-0.25, -0.2) is 4.79 Å². The largest absolute Gasteiger partial charge is 0.493 e. The van der Waals surface area contributed by atoms with Gasteiger partial charge in [0, 0.05) is 6.54 Å². The van der Waals surface area contributed by atoms with Crippen molar-refractivity contribution in [2.45, 2.75) is 13.8 Å². The molecular formula is C16H22N2O6. The van der Waals surface area contributed by atoms with Crippen molar-refractivity contribution in [3.05, 3.63) is 23.8 Å². The van der Waals surface area contributed by atoms with Crippen LogP contribution in [0.1, 0.15) is 24.2 Å². The number of hydrogen-bond donors (Lipinski definition) is 2. The standard InChI is InChI=1S/C16H22N2O6/c1-4-17-14(19)9-18-15(20)10-24-16(21)11-6-7-12(22-3)13(8-11)23-5-2/h6-8H,4-5,9-10H2,1-3H3,(H,17,19)(H,18,20). The highest BCUT2D eigenvalue weighted by Gasteiger charge is 2.14. The van der Waals surface area contributed by atoms with Gasteiger partial charge in [0.05, 0.1) is 25.8 Å². The summed E-state index contributed by atoms with van der Waals surface area (Å²) in [4.78, 5) is 34.7. The Morgan fingerprint density at radius 3 is 2.42 bits per heavy atom. The molecule has 0 saturated heterocycles. The number of amides is 2. The fraction of sp³-hybridized carbons (Fsp3) is 0.438. The van der Waals surface area contributed by atoms with Crippen molar-refractivity contribution in [2.75, 3.05) is 33.4 Å². The van der Waals surface area contributed by atoms with E-state index < -0.39 is 18.5 Å². The summed E-state index contributed by atoms with van der Waals surface area (Å²) in [6.07, 6.45) is 0. The lowest BCUT2D eigenvalue weighted by molar-refractivity contribution is -0.127. The van der Waals surface area contributed by atoms with Crippen LogP contribution in [0.25, 0.3) is 0 Å². The fourth-order valence-corrected chi connectivity index (χ4v) is 1.78. The molecule has 24 heavy (non-hydrogen) atoms. The highest BCUT2D eigenvalue weighted by Crippen LogP contribution is 2.28. The number of carbonyl (C=O) groups is 3. The third kappa shape index (κ3) is 6.15. The molecule has 1 rings (SSSR count). The first-order chi connectivity index (χ1) is 11.5. The fourth-order valence-electron chi connectivity index (χ4n) is 1.78. The van der Waals surface area contributed by atoms with Crippen LogP contribution in [-0.4, -0.2) is 51.2 Å². The molecule has 0 atom stereocenters. The van der Waals surface area contributed by atoms with Crippen molar-refractivity contribution in [3.8, 4) is 11.5 Å². The van der Waals surface area contributed by atoms with Crippen LogP contribution in [0.4, 0.5) is 0 Å². The molecule has 0 aliphatic rings. The molecule has 0 aromatic heterocycles. The van der Waals surface area contributed by atoms with E-state index in [1.807, 2.05) is 6.92 Å². The second-order valence-corrected chi connectivity index (χ2v) is 4.61. The number of benzene rings is 1. The quantitative estimate of drug-likeness (QED) is 0.636. The summed E-state index contributed by atoms with van der Waals surface area (Å²) in [5.41, 5.74) is 0.232. The van der Waals surface area contributed by atoms with Gasteiger partial charge in [0.2, 0.25) is 5.91 Å². The Kier molecular flexibility index (Phi) is 8.10. The molecule has 8 heteroatoms. The smallest absolute Gasteiger partial charge is 0.338 e. The summed E-state index contributed by atoms with van der Waals surface area (Å²) in [6, 6.07) is 4.57. The summed E-state index contributed by atoms with van der Waals surface area (Å²) in [5, 5.41) is 4.88.